The van der Waals surface area contributed by atoms with E-state index >= 15 is 0 Å². The van der Waals surface area contributed by atoms with E-state index in [9.17, 15) is 10.1 Å². The fourth-order valence-corrected chi connectivity index (χ4v) is 1.44. The Bertz CT molecular complexity index is 393. The number of hydrogen-bond donors (Lipinski definition) is 1. The number of nitro groups is 1. The van der Waals surface area contributed by atoms with Crippen LogP contribution in [-0.2, 0) is 11.3 Å². The second-order valence-electron chi connectivity index (χ2n) is 3.46. The molecule has 0 spiro atoms. The smallest absolute Gasteiger partial charge is 0.278 e. The van der Waals surface area contributed by atoms with Crippen LogP contribution >= 0.6 is 0 Å². The maximum absolute atomic E-state index is 10.8. The van der Waals surface area contributed by atoms with Crippen LogP contribution in [0.1, 0.15) is 16.8 Å². The van der Waals surface area contributed by atoms with Crippen LogP contribution in [0.5, 0.6) is 0 Å². The molecular weight excluding hydrogens is 210 g/mol. The first-order valence-corrected chi connectivity index (χ1v) is 4.95. The van der Waals surface area contributed by atoms with Crippen LogP contribution < -0.4 is 5.73 Å². The van der Waals surface area contributed by atoms with Crippen molar-refractivity contribution in [3.05, 3.63) is 33.1 Å². The molecule has 1 heterocycles. The van der Waals surface area contributed by atoms with E-state index in [1.165, 1.54) is 6.20 Å². The van der Waals surface area contributed by atoms with Crippen molar-refractivity contribution in [1.82, 2.24) is 4.98 Å². The summed E-state index contributed by atoms with van der Waals surface area (Å²) in [7, 11) is 0. The van der Waals surface area contributed by atoms with Gasteiger partial charge in [-0.3, -0.25) is 15.1 Å². The minimum absolute atomic E-state index is 0.112. The lowest BCUT2D eigenvalue weighted by molar-refractivity contribution is -0.386. The monoisotopic (exact) mass is 225 g/mol. The number of rotatable bonds is 5. The van der Waals surface area contributed by atoms with Crippen LogP contribution in [-0.4, -0.2) is 23.1 Å². The molecule has 0 aromatic carbocycles. The fourth-order valence-electron chi connectivity index (χ4n) is 1.44. The summed E-state index contributed by atoms with van der Waals surface area (Å²) in [6.45, 7) is 4.45. The Hall–Kier alpha value is -1.53. The van der Waals surface area contributed by atoms with E-state index < -0.39 is 4.92 Å². The molecule has 0 aliphatic rings. The van der Waals surface area contributed by atoms with E-state index in [2.05, 4.69) is 4.98 Å². The molecule has 6 nitrogen and oxygen atoms in total. The number of aryl methyl sites for hydroxylation is 1. The minimum atomic E-state index is -0.390. The van der Waals surface area contributed by atoms with Crippen molar-refractivity contribution < 1.29 is 9.66 Å². The van der Waals surface area contributed by atoms with Crippen LogP contribution in [0.2, 0.25) is 0 Å². The average molecular weight is 225 g/mol. The largest absolute Gasteiger partial charge is 0.374 e. The lowest BCUT2D eigenvalue weighted by Gasteiger charge is -2.07. The molecule has 0 radical (unpaired) electrons. The predicted octanol–water partition coefficient (Wildman–Crippen LogP) is 1.08. The summed E-state index contributed by atoms with van der Waals surface area (Å²) in [6.07, 6.45) is 1.49. The van der Waals surface area contributed by atoms with Gasteiger partial charge in [-0.05, 0) is 13.8 Å². The summed E-state index contributed by atoms with van der Waals surface area (Å²) >= 11 is 0. The number of pyridine rings is 1. The molecule has 2 N–H and O–H groups in total. The Morgan fingerprint density at radius 3 is 2.81 bits per heavy atom. The standard InChI is InChI=1S/C10H15N3O3/c1-7-5-12-9(6-16-4-3-11)8(2)10(7)13(14)15/h5H,3-4,6,11H2,1-2H3. The van der Waals surface area contributed by atoms with Gasteiger partial charge in [0.25, 0.3) is 5.69 Å². The molecule has 16 heavy (non-hydrogen) atoms. The lowest BCUT2D eigenvalue weighted by atomic mass is 10.1. The van der Waals surface area contributed by atoms with E-state index in [4.69, 9.17) is 10.5 Å². The van der Waals surface area contributed by atoms with Gasteiger partial charge in [0.15, 0.2) is 0 Å². The second-order valence-corrected chi connectivity index (χ2v) is 3.46. The number of nitrogens with two attached hydrogens (primary N) is 1. The number of nitrogens with zero attached hydrogens (tertiary/aromatic N) is 2. The van der Waals surface area contributed by atoms with Crippen molar-refractivity contribution in [3.63, 3.8) is 0 Å². The summed E-state index contributed by atoms with van der Waals surface area (Å²) in [5.41, 5.74) is 7.10. The van der Waals surface area contributed by atoms with E-state index in [1.807, 2.05) is 0 Å². The summed E-state index contributed by atoms with van der Waals surface area (Å²) in [6, 6.07) is 0. The van der Waals surface area contributed by atoms with Gasteiger partial charge in [-0.2, -0.15) is 0 Å². The predicted molar refractivity (Wildman–Crippen MR) is 59.1 cm³/mol. The summed E-state index contributed by atoms with van der Waals surface area (Å²) in [4.78, 5) is 14.6. The van der Waals surface area contributed by atoms with Crippen LogP contribution in [0, 0.1) is 24.0 Å². The van der Waals surface area contributed by atoms with Crippen molar-refractivity contribution in [2.45, 2.75) is 20.5 Å². The van der Waals surface area contributed by atoms with Gasteiger partial charge in [0.05, 0.1) is 29.4 Å². The summed E-state index contributed by atoms with van der Waals surface area (Å²) in [5, 5.41) is 10.8. The first-order valence-electron chi connectivity index (χ1n) is 4.95. The molecule has 0 bridgehead atoms. The Labute approximate surface area is 93.6 Å². The van der Waals surface area contributed by atoms with Crippen LogP contribution in [0.4, 0.5) is 5.69 Å². The Morgan fingerprint density at radius 2 is 2.25 bits per heavy atom. The molecule has 1 rings (SSSR count). The highest BCUT2D eigenvalue weighted by atomic mass is 16.6. The van der Waals surface area contributed by atoms with Crippen molar-refractivity contribution in [2.24, 2.45) is 5.73 Å². The Balaban J connectivity index is 2.95. The molecule has 6 heteroatoms. The van der Waals surface area contributed by atoms with E-state index in [0.29, 0.717) is 30.0 Å². The third-order valence-electron chi connectivity index (χ3n) is 2.26. The summed E-state index contributed by atoms with van der Waals surface area (Å²) in [5.74, 6) is 0. The Kier molecular flexibility index (Phi) is 4.33. The SMILES string of the molecule is Cc1cnc(COCCN)c(C)c1[N+](=O)[O-]. The molecule has 1 aromatic heterocycles. The zero-order chi connectivity index (χ0) is 12.1. The van der Waals surface area contributed by atoms with Crippen LogP contribution in [0.15, 0.2) is 6.20 Å². The third kappa shape index (κ3) is 2.74. The van der Waals surface area contributed by atoms with Gasteiger partial charge < -0.3 is 10.5 Å². The maximum Gasteiger partial charge on any atom is 0.278 e. The van der Waals surface area contributed by atoms with Crippen molar-refractivity contribution >= 4 is 5.69 Å². The van der Waals surface area contributed by atoms with Gasteiger partial charge in [-0.15, -0.1) is 0 Å². The normalized spacial score (nSPS) is 10.4. The van der Waals surface area contributed by atoms with Gasteiger partial charge in [0.1, 0.15) is 0 Å². The molecule has 88 valence electrons. The van der Waals surface area contributed by atoms with Gasteiger partial charge in [-0.25, -0.2) is 0 Å². The van der Waals surface area contributed by atoms with E-state index in [1.54, 1.807) is 13.8 Å². The minimum Gasteiger partial charge on any atom is -0.374 e. The molecule has 0 unspecified atom stereocenters. The van der Waals surface area contributed by atoms with Crippen LogP contribution in [0.25, 0.3) is 0 Å². The van der Waals surface area contributed by atoms with Gasteiger partial charge in [0, 0.05) is 18.3 Å². The number of ether oxygens (including phenoxy) is 1. The van der Waals surface area contributed by atoms with Crippen molar-refractivity contribution in [2.75, 3.05) is 13.2 Å². The van der Waals surface area contributed by atoms with Gasteiger partial charge in [-0.1, -0.05) is 0 Å². The fraction of sp³-hybridized carbons (Fsp3) is 0.500. The van der Waals surface area contributed by atoms with Crippen molar-refractivity contribution in [3.8, 4) is 0 Å². The molecule has 0 aliphatic carbocycles. The van der Waals surface area contributed by atoms with Gasteiger partial charge >= 0.3 is 0 Å². The zero-order valence-electron chi connectivity index (χ0n) is 9.40. The number of aromatic nitrogens is 1. The molecule has 0 amide bonds. The maximum atomic E-state index is 10.8. The van der Waals surface area contributed by atoms with Crippen molar-refractivity contribution in [1.29, 1.82) is 0 Å². The molecular formula is C10H15N3O3. The molecule has 0 atom stereocenters. The van der Waals surface area contributed by atoms with E-state index in [0.717, 1.165) is 0 Å². The van der Waals surface area contributed by atoms with Crippen LogP contribution in [0.3, 0.4) is 0 Å². The molecule has 0 aliphatic heterocycles. The number of hydrogen-bond acceptors (Lipinski definition) is 5. The average Bonchev–Trinajstić information content (AvgIpc) is 2.21. The molecule has 0 saturated heterocycles. The Morgan fingerprint density at radius 1 is 1.56 bits per heavy atom. The quantitative estimate of drug-likeness (QED) is 0.460. The highest BCUT2D eigenvalue weighted by Crippen LogP contribution is 2.24. The molecule has 0 fully saturated rings. The topological polar surface area (TPSA) is 91.3 Å². The highest BCUT2D eigenvalue weighted by molar-refractivity contribution is 5.47. The van der Waals surface area contributed by atoms with Gasteiger partial charge in [0.2, 0.25) is 0 Å². The first kappa shape index (κ1) is 12.5. The third-order valence-corrected chi connectivity index (χ3v) is 2.26. The van der Waals surface area contributed by atoms with E-state index in [-0.39, 0.29) is 12.3 Å². The summed E-state index contributed by atoms with van der Waals surface area (Å²) < 4.78 is 5.21. The zero-order valence-corrected chi connectivity index (χ0v) is 9.40. The second kappa shape index (κ2) is 5.53. The molecule has 0 saturated carbocycles. The first-order chi connectivity index (χ1) is 7.57. The molecule has 1 aromatic rings. The lowest BCUT2D eigenvalue weighted by Crippen LogP contribution is -2.10. The highest BCUT2D eigenvalue weighted by Gasteiger charge is 2.18.